The molecule has 0 saturated carbocycles. The number of hydrogen-bond donors (Lipinski definition) is 1. The summed E-state index contributed by atoms with van der Waals surface area (Å²) in [5.41, 5.74) is 0.689. The molecule has 0 aromatic heterocycles. The maximum atomic E-state index is 11.9. The van der Waals surface area contributed by atoms with Gasteiger partial charge in [-0.15, -0.1) is 0 Å². The maximum absolute atomic E-state index is 11.9. The normalized spacial score (nSPS) is 10.3. The van der Waals surface area contributed by atoms with Gasteiger partial charge in [-0.3, -0.25) is 9.59 Å². The molecule has 0 bridgehead atoms. The Morgan fingerprint density at radius 1 is 1.15 bits per heavy atom. The van der Waals surface area contributed by atoms with Crippen molar-refractivity contribution in [3.63, 3.8) is 0 Å². The Kier molecular flexibility index (Phi) is 8.14. The molecule has 1 amide bonds. The minimum atomic E-state index is -0.00953. The first-order chi connectivity index (χ1) is 9.63. The maximum Gasteiger partial charge on any atom is 0.220 e. The highest BCUT2D eigenvalue weighted by Gasteiger charge is 2.07. The number of rotatable bonds is 9. The van der Waals surface area contributed by atoms with E-state index >= 15 is 0 Å². The standard InChI is InChI=1S/C15H20BrNO3/c1-20-11-3-10-17-15(19)5-2-4-14(18)12-6-8-13(16)9-7-12/h6-9H,2-5,10-11H2,1H3,(H,17,19). The lowest BCUT2D eigenvalue weighted by atomic mass is 10.1. The second-order valence-corrected chi connectivity index (χ2v) is 5.40. The van der Waals surface area contributed by atoms with E-state index in [1.165, 1.54) is 0 Å². The molecule has 0 saturated heterocycles. The minimum Gasteiger partial charge on any atom is -0.385 e. The molecule has 1 N–H and O–H groups in total. The zero-order valence-electron chi connectivity index (χ0n) is 11.7. The van der Waals surface area contributed by atoms with Crippen LogP contribution in [0.15, 0.2) is 28.7 Å². The fourth-order valence-electron chi connectivity index (χ4n) is 1.72. The van der Waals surface area contributed by atoms with Crippen LogP contribution in [-0.4, -0.2) is 32.0 Å². The van der Waals surface area contributed by atoms with Gasteiger partial charge in [-0.1, -0.05) is 28.1 Å². The molecule has 1 rings (SSSR count). The van der Waals surface area contributed by atoms with Gasteiger partial charge in [0.15, 0.2) is 5.78 Å². The third-order valence-electron chi connectivity index (χ3n) is 2.82. The summed E-state index contributed by atoms with van der Waals surface area (Å²) >= 11 is 3.33. The molecule has 0 heterocycles. The van der Waals surface area contributed by atoms with Crippen molar-refractivity contribution < 1.29 is 14.3 Å². The minimum absolute atomic E-state index is 0.00953. The van der Waals surface area contributed by atoms with Gasteiger partial charge in [0, 0.05) is 43.1 Å². The quantitative estimate of drug-likeness (QED) is 0.555. The first-order valence-corrected chi connectivity index (χ1v) is 7.47. The third-order valence-corrected chi connectivity index (χ3v) is 3.35. The fraction of sp³-hybridized carbons (Fsp3) is 0.467. The number of ether oxygens (including phenoxy) is 1. The largest absolute Gasteiger partial charge is 0.385 e. The monoisotopic (exact) mass is 341 g/mol. The highest BCUT2D eigenvalue weighted by atomic mass is 79.9. The molecule has 110 valence electrons. The Morgan fingerprint density at radius 2 is 1.85 bits per heavy atom. The Morgan fingerprint density at radius 3 is 2.50 bits per heavy atom. The first-order valence-electron chi connectivity index (χ1n) is 6.68. The van der Waals surface area contributed by atoms with Crippen LogP contribution in [0.2, 0.25) is 0 Å². The molecule has 1 aromatic rings. The third kappa shape index (κ3) is 6.82. The summed E-state index contributed by atoms with van der Waals surface area (Å²) in [6.45, 7) is 1.26. The SMILES string of the molecule is COCCCNC(=O)CCCC(=O)c1ccc(Br)cc1. The van der Waals surface area contributed by atoms with E-state index < -0.39 is 0 Å². The molecule has 0 unspecified atom stereocenters. The van der Waals surface area contributed by atoms with E-state index in [4.69, 9.17) is 4.74 Å². The van der Waals surface area contributed by atoms with Crippen LogP contribution in [0.5, 0.6) is 0 Å². The molecule has 5 heteroatoms. The van der Waals surface area contributed by atoms with Gasteiger partial charge in [-0.25, -0.2) is 0 Å². The number of carbonyl (C=O) groups excluding carboxylic acids is 2. The van der Waals surface area contributed by atoms with Gasteiger partial charge in [0.25, 0.3) is 0 Å². The van der Waals surface area contributed by atoms with Crippen molar-refractivity contribution in [3.8, 4) is 0 Å². The van der Waals surface area contributed by atoms with Gasteiger partial charge in [0.05, 0.1) is 0 Å². The molecule has 0 aliphatic carbocycles. The van der Waals surface area contributed by atoms with Gasteiger partial charge < -0.3 is 10.1 Å². The summed E-state index contributed by atoms with van der Waals surface area (Å²) in [7, 11) is 1.63. The number of Topliss-reactive ketones (excluding diaryl/α,β-unsaturated/α-hetero) is 1. The van der Waals surface area contributed by atoms with Gasteiger partial charge in [0.2, 0.25) is 5.91 Å². The van der Waals surface area contributed by atoms with Crippen molar-refractivity contribution in [1.82, 2.24) is 5.32 Å². The van der Waals surface area contributed by atoms with Gasteiger partial charge in [-0.05, 0) is 25.0 Å². The van der Waals surface area contributed by atoms with Gasteiger partial charge in [0.1, 0.15) is 0 Å². The molecule has 20 heavy (non-hydrogen) atoms. The van der Waals surface area contributed by atoms with Crippen LogP contribution in [0.4, 0.5) is 0 Å². The van der Waals surface area contributed by atoms with E-state index in [1.807, 2.05) is 12.1 Å². The number of ketones is 1. The lowest BCUT2D eigenvalue weighted by molar-refractivity contribution is -0.121. The van der Waals surface area contributed by atoms with Crippen LogP contribution in [-0.2, 0) is 9.53 Å². The Bertz CT molecular complexity index is 431. The molecule has 0 fully saturated rings. The molecule has 0 atom stereocenters. The van der Waals surface area contributed by atoms with Crippen LogP contribution >= 0.6 is 15.9 Å². The first kappa shape index (κ1) is 16.9. The zero-order valence-corrected chi connectivity index (χ0v) is 13.2. The molecule has 4 nitrogen and oxygen atoms in total. The zero-order chi connectivity index (χ0) is 14.8. The molecule has 0 spiro atoms. The van der Waals surface area contributed by atoms with Crippen molar-refractivity contribution in [1.29, 1.82) is 0 Å². The second kappa shape index (κ2) is 9.66. The number of methoxy groups -OCH3 is 1. The van der Waals surface area contributed by atoms with Crippen LogP contribution in [0.3, 0.4) is 0 Å². The van der Waals surface area contributed by atoms with Gasteiger partial charge in [-0.2, -0.15) is 0 Å². The molecule has 0 aliphatic rings. The summed E-state index contributed by atoms with van der Waals surface area (Å²) in [6, 6.07) is 7.26. The highest BCUT2D eigenvalue weighted by molar-refractivity contribution is 9.10. The van der Waals surface area contributed by atoms with Crippen molar-refractivity contribution in [2.45, 2.75) is 25.7 Å². The van der Waals surface area contributed by atoms with E-state index in [0.29, 0.717) is 38.0 Å². The smallest absolute Gasteiger partial charge is 0.220 e. The highest BCUT2D eigenvalue weighted by Crippen LogP contribution is 2.13. The predicted molar refractivity (Wildman–Crippen MR) is 81.8 cm³/mol. The average Bonchev–Trinajstić information content (AvgIpc) is 2.44. The van der Waals surface area contributed by atoms with E-state index in [-0.39, 0.29) is 11.7 Å². The number of benzene rings is 1. The van der Waals surface area contributed by atoms with Crippen LogP contribution in [0.25, 0.3) is 0 Å². The van der Waals surface area contributed by atoms with E-state index in [9.17, 15) is 9.59 Å². The summed E-state index contributed by atoms with van der Waals surface area (Å²) in [4.78, 5) is 23.4. The van der Waals surface area contributed by atoms with Gasteiger partial charge >= 0.3 is 0 Å². The van der Waals surface area contributed by atoms with Crippen LogP contribution < -0.4 is 5.32 Å². The molecular formula is C15H20BrNO3. The summed E-state index contributed by atoms with van der Waals surface area (Å²) in [5, 5.41) is 2.80. The lowest BCUT2D eigenvalue weighted by Gasteiger charge is -2.05. The van der Waals surface area contributed by atoms with Crippen molar-refractivity contribution in [3.05, 3.63) is 34.3 Å². The number of carbonyl (C=O) groups is 2. The van der Waals surface area contributed by atoms with Crippen molar-refractivity contribution >= 4 is 27.6 Å². The summed E-state index contributed by atoms with van der Waals surface area (Å²) < 4.78 is 5.84. The molecule has 1 aromatic carbocycles. The fourth-order valence-corrected chi connectivity index (χ4v) is 1.99. The van der Waals surface area contributed by atoms with Crippen molar-refractivity contribution in [2.24, 2.45) is 0 Å². The molecular weight excluding hydrogens is 322 g/mol. The number of halogens is 1. The van der Waals surface area contributed by atoms with Crippen molar-refractivity contribution in [2.75, 3.05) is 20.3 Å². The number of nitrogens with one attached hydrogen (secondary N) is 1. The Hall–Kier alpha value is -1.20. The second-order valence-electron chi connectivity index (χ2n) is 4.48. The average molecular weight is 342 g/mol. The van der Waals surface area contributed by atoms with Crippen LogP contribution in [0.1, 0.15) is 36.0 Å². The molecule has 0 radical (unpaired) electrons. The summed E-state index contributed by atoms with van der Waals surface area (Å²) in [5.74, 6) is 0.0643. The molecule has 0 aliphatic heterocycles. The predicted octanol–water partition coefficient (Wildman–Crippen LogP) is 2.95. The Balaban J connectivity index is 2.18. The van der Waals surface area contributed by atoms with E-state index in [1.54, 1.807) is 19.2 Å². The van der Waals surface area contributed by atoms with E-state index in [0.717, 1.165) is 10.9 Å². The Labute approximate surface area is 128 Å². The van der Waals surface area contributed by atoms with E-state index in [2.05, 4.69) is 21.2 Å². The number of amides is 1. The number of hydrogen-bond acceptors (Lipinski definition) is 3. The van der Waals surface area contributed by atoms with Crippen LogP contribution in [0, 0.1) is 0 Å². The topological polar surface area (TPSA) is 55.4 Å². The summed E-state index contributed by atoms with van der Waals surface area (Å²) in [6.07, 6.45) is 2.16. The lowest BCUT2D eigenvalue weighted by Crippen LogP contribution is -2.25.